The van der Waals surface area contributed by atoms with E-state index in [1.807, 2.05) is 5.32 Å². The van der Waals surface area contributed by atoms with Crippen molar-refractivity contribution in [3.63, 3.8) is 0 Å². The Kier molecular flexibility index (Phi) is 4.66. The largest absolute Gasteiger partial charge is 0.448 e. The Morgan fingerprint density at radius 1 is 1.08 bits per heavy atom. The summed E-state index contributed by atoms with van der Waals surface area (Å²) in [5, 5.41) is 4.54. The van der Waals surface area contributed by atoms with Crippen molar-refractivity contribution in [2.75, 3.05) is 5.32 Å². The SMILES string of the molecule is NC(=O)NC(=O)c1cccc(NC(=O)C2Cc3ccccc3C(=O)O2)c1. The molecule has 0 fully saturated rings. The number of primary amides is 1. The van der Waals surface area contributed by atoms with E-state index in [1.54, 1.807) is 30.3 Å². The molecule has 1 heterocycles. The number of benzene rings is 2. The molecule has 8 heteroatoms. The second-order valence-corrected chi connectivity index (χ2v) is 5.64. The molecule has 8 nitrogen and oxygen atoms in total. The molecule has 0 saturated carbocycles. The van der Waals surface area contributed by atoms with Gasteiger partial charge in [-0.05, 0) is 29.8 Å². The first kappa shape index (κ1) is 17.2. The van der Waals surface area contributed by atoms with Gasteiger partial charge in [-0.1, -0.05) is 24.3 Å². The monoisotopic (exact) mass is 353 g/mol. The number of carbonyl (C=O) groups is 4. The van der Waals surface area contributed by atoms with Gasteiger partial charge < -0.3 is 15.8 Å². The van der Waals surface area contributed by atoms with Gasteiger partial charge in [0.25, 0.3) is 11.8 Å². The van der Waals surface area contributed by atoms with Gasteiger partial charge in [0.15, 0.2) is 6.10 Å². The van der Waals surface area contributed by atoms with E-state index in [4.69, 9.17) is 10.5 Å². The van der Waals surface area contributed by atoms with Crippen LogP contribution in [0.4, 0.5) is 10.5 Å². The minimum Gasteiger partial charge on any atom is -0.448 e. The van der Waals surface area contributed by atoms with Gasteiger partial charge in [0.05, 0.1) is 5.56 Å². The van der Waals surface area contributed by atoms with Gasteiger partial charge in [-0.15, -0.1) is 0 Å². The van der Waals surface area contributed by atoms with Crippen LogP contribution in [0.15, 0.2) is 48.5 Å². The average Bonchev–Trinajstić information content (AvgIpc) is 2.61. The number of cyclic esters (lactones) is 1. The lowest BCUT2D eigenvalue weighted by Gasteiger charge is -2.23. The molecule has 3 rings (SSSR count). The number of amides is 4. The molecule has 132 valence electrons. The van der Waals surface area contributed by atoms with Crippen LogP contribution in [0.3, 0.4) is 0 Å². The molecule has 0 radical (unpaired) electrons. The van der Waals surface area contributed by atoms with Crippen LogP contribution in [0.2, 0.25) is 0 Å². The third-order valence-corrected chi connectivity index (χ3v) is 3.81. The van der Waals surface area contributed by atoms with E-state index in [9.17, 15) is 19.2 Å². The highest BCUT2D eigenvalue weighted by atomic mass is 16.5. The van der Waals surface area contributed by atoms with E-state index in [-0.39, 0.29) is 12.0 Å². The Balaban J connectivity index is 1.72. The predicted molar refractivity (Wildman–Crippen MR) is 91.5 cm³/mol. The fourth-order valence-electron chi connectivity index (χ4n) is 2.62. The summed E-state index contributed by atoms with van der Waals surface area (Å²) in [4.78, 5) is 47.0. The molecule has 0 bridgehead atoms. The highest BCUT2D eigenvalue weighted by Gasteiger charge is 2.31. The molecule has 4 amide bonds. The summed E-state index contributed by atoms with van der Waals surface area (Å²) in [5.74, 6) is -1.76. The minimum absolute atomic E-state index is 0.146. The number of nitrogens with two attached hydrogens (primary N) is 1. The third-order valence-electron chi connectivity index (χ3n) is 3.81. The molecule has 0 aromatic heterocycles. The van der Waals surface area contributed by atoms with Gasteiger partial charge in [0.1, 0.15) is 0 Å². The molecule has 2 aromatic rings. The normalized spacial score (nSPS) is 15.4. The van der Waals surface area contributed by atoms with E-state index >= 15 is 0 Å². The molecule has 1 unspecified atom stereocenters. The number of urea groups is 1. The number of ether oxygens (including phenoxy) is 1. The van der Waals surface area contributed by atoms with Crippen LogP contribution >= 0.6 is 0 Å². The lowest BCUT2D eigenvalue weighted by atomic mass is 9.98. The standard InChI is InChI=1S/C18H15N3O5/c19-18(25)21-15(22)11-5-3-6-12(8-11)20-16(23)14-9-10-4-1-2-7-13(10)17(24)26-14/h1-8,14H,9H2,(H,20,23)(H3,19,21,22,25). The van der Waals surface area contributed by atoms with Crippen molar-refractivity contribution in [1.82, 2.24) is 5.32 Å². The number of rotatable bonds is 3. The number of hydrogen-bond donors (Lipinski definition) is 3. The second kappa shape index (κ2) is 7.06. The first-order chi connectivity index (χ1) is 12.4. The highest BCUT2D eigenvalue weighted by Crippen LogP contribution is 2.21. The highest BCUT2D eigenvalue weighted by molar-refractivity contribution is 6.05. The smallest absolute Gasteiger partial charge is 0.339 e. The van der Waals surface area contributed by atoms with Crippen LogP contribution < -0.4 is 16.4 Å². The summed E-state index contributed by atoms with van der Waals surface area (Å²) in [7, 11) is 0. The van der Waals surface area contributed by atoms with Gasteiger partial charge in [0.2, 0.25) is 0 Å². The Bertz CT molecular complexity index is 909. The van der Waals surface area contributed by atoms with Crippen molar-refractivity contribution in [3.05, 3.63) is 65.2 Å². The Hall–Kier alpha value is -3.68. The molecule has 2 aromatic carbocycles. The number of nitrogens with one attached hydrogen (secondary N) is 2. The van der Waals surface area contributed by atoms with E-state index < -0.39 is 29.9 Å². The van der Waals surface area contributed by atoms with Gasteiger partial charge in [-0.2, -0.15) is 0 Å². The molecule has 0 saturated heterocycles. The number of fused-ring (bicyclic) bond motifs is 1. The first-order valence-electron chi connectivity index (χ1n) is 7.74. The van der Waals surface area contributed by atoms with Gasteiger partial charge in [-0.3, -0.25) is 14.9 Å². The van der Waals surface area contributed by atoms with Crippen molar-refractivity contribution < 1.29 is 23.9 Å². The molecule has 26 heavy (non-hydrogen) atoms. The van der Waals surface area contributed by atoms with E-state index in [0.29, 0.717) is 11.3 Å². The number of esters is 1. The van der Waals surface area contributed by atoms with Crippen LogP contribution in [0.25, 0.3) is 0 Å². The molecule has 0 spiro atoms. The van der Waals surface area contributed by atoms with Crippen molar-refractivity contribution in [1.29, 1.82) is 0 Å². The molecular formula is C18H15N3O5. The zero-order chi connectivity index (χ0) is 18.7. The Morgan fingerprint density at radius 2 is 1.85 bits per heavy atom. The van der Waals surface area contributed by atoms with E-state index in [0.717, 1.165) is 5.56 Å². The second-order valence-electron chi connectivity index (χ2n) is 5.64. The summed E-state index contributed by atoms with van der Waals surface area (Å²) in [6.45, 7) is 0. The van der Waals surface area contributed by atoms with Crippen molar-refractivity contribution in [2.24, 2.45) is 5.73 Å². The Labute approximate surface area is 148 Å². The van der Waals surface area contributed by atoms with Crippen molar-refractivity contribution >= 4 is 29.5 Å². The van der Waals surface area contributed by atoms with Crippen LogP contribution in [0.1, 0.15) is 26.3 Å². The molecule has 0 aliphatic carbocycles. The van der Waals surface area contributed by atoms with E-state index in [2.05, 4.69) is 5.32 Å². The number of hydrogen-bond acceptors (Lipinski definition) is 5. The fraction of sp³-hybridized carbons (Fsp3) is 0.111. The maximum Gasteiger partial charge on any atom is 0.339 e. The van der Waals surface area contributed by atoms with Crippen LogP contribution in [-0.2, 0) is 16.0 Å². The van der Waals surface area contributed by atoms with Crippen LogP contribution in [-0.4, -0.2) is 29.9 Å². The lowest BCUT2D eigenvalue weighted by molar-refractivity contribution is -0.125. The van der Waals surface area contributed by atoms with Crippen LogP contribution in [0.5, 0.6) is 0 Å². The molecule has 1 atom stereocenters. The molecular weight excluding hydrogens is 338 g/mol. The summed E-state index contributed by atoms with van der Waals surface area (Å²) in [6, 6.07) is 11.9. The predicted octanol–water partition coefficient (Wildman–Crippen LogP) is 1.22. The maximum absolute atomic E-state index is 12.4. The quantitative estimate of drug-likeness (QED) is 0.715. The third kappa shape index (κ3) is 3.69. The van der Waals surface area contributed by atoms with Crippen LogP contribution in [0, 0.1) is 0 Å². The first-order valence-corrected chi connectivity index (χ1v) is 7.74. The van der Waals surface area contributed by atoms with E-state index in [1.165, 1.54) is 18.2 Å². The Morgan fingerprint density at radius 3 is 2.62 bits per heavy atom. The average molecular weight is 353 g/mol. The summed E-state index contributed by atoms with van der Waals surface area (Å²) in [5.41, 5.74) is 6.56. The maximum atomic E-state index is 12.4. The number of carbonyl (C=O) groups excluding carboxylic acids is 4. The van der Waals surface area contributed by atoms with Crippen molar-refractivity contribution in [2.45, 2.75) is 12.5 Å². The number of anilines is 1. The topological polar surface area (TPSA) is 128 Å². The van der Waals surface area contributed by atoms with Gasteiger partial charge in [0, 0.05) is 17.7 Å². The zero-order valence-electron chi connectivity index (χ0n) is 13.5. The lowest BCUT2D eigenvalue weighted by Crippen LogP contribution is -2.38. The fourth-order valence-corrected chi connectivity index (χ4v) is 2.62. The molecule has 1 aliphatic heterocycles. The summed E-state index contributed by atoms with van der Waals surface area (Å²) < 4.78 is 5.19. The number of imide groups is 1. The van der Waals surface area contributed by atoms with Gasteiger partial charge >= 0.3 is 12.0 Å². The molecule has 4 N–H and O–H groups in total. The summed E-state index contributed by atoms with van der Waals surface area (Å²) in [6.07, 6.45) is -0.712. The van der Waals surface area contributed by atoms with Crippen molar-refractivity contribution in [3.8, 4) is 0 Å². The van der Waals surface area contributed by atoms with Gasteiger partial charge in [-0.25, -0.2) is 9.59 Å². The molecule has 1 aliphatic rings. The summed E-state index contributed by atoms with van der Waals surface area (Å²) >= 11 is 0. The minimum atomic E-state index is -0.975. The zero-order valence-corrected chi connectivity index (χ0v) is 13.5.